The zero-order chi connectivity index (χ0) is 20.9. The number of sulfone groups is 1. The molecule has 0 saturated heterocycles. The highest BCUT2D eigenvalue weighted by Crippen LogP contribution is 2.39. The fourth-order valence-electron chi connectivity index (χ4n) is 2.88. The molecule has 0 aliphatic heterocycles. The second kappa shape index (κ2) is 8.97. The molecule has 2 aromatic carbocycles. The monoisotopic (exact) mass is 406 g/mol. The first-order valence-corrected chi connectivity index (χ1v) is 10.7. The summed E-state index contributed by atoms with van der Waals surface area (Å²) in [6.45, 7) is 4.05. The zero-order valence-corrected chi connectivity index (χ0v) is 17.5. The molecule has 152 valence electrons. The molecule has 0 atom stereocenters. The van der Waals surface area contributed by atoms with Gasteiger partial charge in [-0.05, 0) is 29.7 Å². The van der Waals surface area contributed by atoms with E-state index in [9.17, 15) is 13.2 Å². The fourth-order valence-corrected chi connectivity index (χ4v) is 3.93. The maximum atomic E-state index is 12.4. The van der Waals surface area contributed by atoms with Crippen molar-refractivity contribution in [2.45, 2.75) is 24.7 Å². The van der Waals surface area contributed by atoms with Crippen molar-refractivity contribution < 1.29 is 22.7 Å². The second-order valence-corrected chi connectivity index (χ2v) is 8.55. The molecule has 1 amide bonds. The van der Waals surface area contributed by atoms with Crippen LogP contribution in [0.3, 0.4) is 0 Å². The average molecular weight is 407 g/mol. The number of rotatable bonds is 8. The van der Waals surface area contributed by atoms with Crippen LogP contribution in [0.5, 0.6) is 11.5 Å². The quantitative estimate of drug-likeness (QED) is 0.699. The molecule has 28 heavy (non-hydrogen) atoms. The Labute approximate surface area is 166 Å². The van der Waals surface area contributed by atoms with Gasteiger partial charge in [0.1, 0.15) is 5.75 Å². The number of carbonyl (C=O) groups excluding carboxylic acids is 1. The molecule has 0 aliphatic rings. The molecule has 8 heteroatoms. The summed E-state index contributed by atoms with van der Waals surface area (Å²) in [5.41, 5.74) is 2.18. The van der Waals surface area contributed by atoms with Crippen LogP contribution in [-0.4, -0.2) is 41.3 Å². The largest absolute Gasteiger partial charge is 0.495 e. The van der Waals surface area contributed by atoms with Crippen molar-refractivity contribution in [1.82, 2.24) is 0 Å². The molecule has 0 bridgehead atoms. The van der Waals surface area contributed by atoms with Gasteiger partial charge in [0.05, 0.1) is 26.5 Å². The van der Waals surface area contributed by atoms with Gasteiger partial charge in [0.25, 0.3) is 0 Å². The Morgan fingerprint density at radius 2 is 1.71 bits per heavy atom. The third-order valence-electron chi connectivity index (χ3n) is 4.17. The number of hydrogen-bond donors (Lipinski definition) is 2. The van der Waals surface area contributed by atoms with Gasteiger partial charge in [-0.2, -0.15) is 0 Å². The van der Waals surface area contributed by atoms with E-state index in [-0.39, 0.29) is 34.8 Å². The summed E-state index contributed by atoms with van der Waals surface area (Å²) in [6.07, 6.45) is 1.08. The minimum Gasteiger partial charge on any atom is -0.495 e. The van der Waals surface area contributed by atoms with Crippen LogP contribution >= 0.6 is 0 Å². The van der Waals surface area contributed by atoms with Gasteiger partial charge < -0.3 is 20.1 Å². The minimum atomic E-state index is -3.60. The van der Waals surface area contributed by atoms with Crippen molar-refractivity contribution in [3.63, 3.8) is 0 Å². The Bertz CT molecular complexity index is 955. The highest BCUT2D eigenvalue weighted by atomic mass is 32.2. The molecule has 0 saturated carbocycles. The van der Waals surface area contributed by atoms with Crippen LogP contribution < -0.4 is 20.1 Å². The predicted molar refractivity (Wildman–Crippen MR) is 110 cm³/mol. The number of methoxy groups -OCH3 is 2. The summed E-state index contributed by atoms with van der Waals surface area (Å²) < 4.78 is 34.8. The van der Waals surface area contributed by atoms with Crippen LogP contribution in [0.1, 0.15) is 25.3 Å². The molecule has 0 unspecified atom stereocenters. The van der Waals surface area contributed by atoms with E-state index in [1.807, 2.05) is 24.3 Å². The zero-order valence-electron chi connectivity index (χ0n) is 16.7. The van der Waals surface area contributed by atoms with Crippen molar-refractivity contribution in [2.75, 3.05) is 37.7 Å². The number of anilines is 2. The maximum Gasteiger partial charge on any atom is 0.243 e. The van der Waals surface area contributed by atoms with Gasteiger partial charge in [0.15, 0.2) is 20.5 Å². The highest BCUT2D eigenvalue weighted by molar-refractivity contribution is 7.91. The van der Waals surface area contributed by atoms with Crippen molar-refractivity contribution >= 4 is 27.1 Å². The van der Waals surface area contributed by atoms with Crippen LogP contribution in [0.15, 0.2) is 41.3 Å². The summed E-state index contributed by atoms with van der Waals surface area (Å²) in [5.74, 6) is 0.299. The smallest absolute Gasteiger partial charge is 0.243 e. The number of hydrogen-bond acceptors (Lipinski definition) is 6. The Hall–Kier alpha value is -2.74. The fraction of sp³-hybridized carbons (Fsp3) is 0.350. The lowest BCUT2D eigenvalue weighted by molar-refractivity contribution is -0.114. The minimum absolute atomic E-state index is 0.0572. The number of nitrogens with one attached hydrogen (secondary N) is 2. The third-order valence-corrected chi connectivity index (χ3v) is 5.30. The van der Waals surface area contributed by atoms with E-state index < -0.39 is 9.84 Å². The van der Waals surface area contributed by atoms with Crippen LogP contribution in [0.25, 0.3) is 0 Å². The number of carbonyl (C=O) groups is 1. The van der Waals surface area contributed by atoms with E-state index in [4.69, 9.17) is 9.47 Å². The molecule has 2 aromatic rings. The van der Waals surface area contributed by atoms with Gasteiger partial charge in [-0.15, -0.1) is 0 Å². The molecular weight excluding hydrogens is 380 g/mol. The molecule has 0 aliphatic carbocycles. The molecule has 0 heterocycles. The first kappa shape index (κ1) is 21.6. The SMILES string of the molecule is COc1ccc(NCC(=O)Nc2ccccc2C(C)C)c(OC)c1S(C)(=O)=O. The van der Waals surface area contributed by atoms with Gasteiger partial charge in [0.2, 0.25) is 5.91 Å². The van der Waals surface area contributed by atoms with Crippen LogP contribution in [-0.2, 0) is 14.6 Å². The molecule has 2 N–H and O–H groups in total. The number of amides is 1. The number of para-hydroxylation sites is 1. The van der Waals surface area contributed by atoms with E-state index in [0.29, 0.717) is 5.69 Å². The summed E-state index contributed by atoms with van der Waals surface area (Å²) in [5, 5.41) is 5.82. The van der Waals surface area contributed by atoms with E-state index in [2.05, 4.69) is 24.5 Å². The Kier molecular flexibility index (Phi) is 6.90. The first-order valence-electron chi connectivity index (χ1n) is 8.76. The molecule has 7 nitrogen and oxygen atoms in total. The lowest BCUT2D eigenvalue weighted by atomic mass is 10.0. The van der Waals surface area contributed by atoms with E-state index in [1.54, 1.807) is 6.07 Å². The first-order chi connectivity index (χ1) is 13.2. The summed E-state index contributed by atoms with van der Waals surface area (Å²) >= 11 is 0. The summed E-state index contributed by atoms with van der Waals surface area (Å²) in [4.78, 5) is 12.3. The van der Waals surface area contributed by atoms with E-state index >= 15 is 0 Å². The van der Waals surface area contributed by atoms with Gasteiger partial charge in [-0.25, -0.2) is 8.42 Å². The average Bonchev–Trinajstić information content (AvgIpc) is 2.64. The Morgan fingerprint density at radius 1 is 1.04 bits per heavy atom. The van der Waals surface area contributed by atoms with Gasteiger partial charge in [-0.3, -0.25) is 4.79 Å². The van der Waals surface area contributed by atoms with Crippen molar-refractivity contribution in [3.05, 3.63) is 42.0 Å². The van der Waals surface area contributed by atoms with Crippen molar-refractivity contribution in [2.24, 2.45) is 0 Å². The van der Waals surface area contributed by atoms with Crippen molar-refractivity contribution in [3.8, 4) is 11.5 Å². The molecular formula is C20H26N2O5S. The topological polar surface area (TPSA) is 93.7 Å². The van der Waals surface area contributed by atoms with Crippen molar-refractivity contribution in [1.29, 1.82) is 0 Å². The lowest BCUT2D eigenvalue weighted by Gasteiger charge is -2.17. The van der Waals surface area contributed by atoms with Gasteiger partial charge in [-0.1, -0.05) is 32.0 Å². The van der Waals surface area contributed by atoms with E-state index in [1.165, 1.54) is 20.3 Å². The maximum absolute atomic E-state index is 12.4. The normalized spacial score (nSPS) is 11.2. The number of benzene rings is 2. The van der Waals surface area contributed by atoms with Crippen LogP contribution in [0.2, 0.25) is 0 Å². The highest BCUT2D eigenvalue weighted by Gasteiger charge is 2.23. The van der Waals surface area contributed by atoms with Crippen LogP contribution in [0.4, 0.5) is 11.4 Å². The second-order valence-electron chi connectivity index (χ2n) is 6.59. The van der Waals surface area contributed by atoms with Gasteiger partial charge in [0, 0.05) is 11.9 Å². The molecule has 0 fully saturated rings. The van der Waals surface area contributed by atoms with Gasteiger partial charge >= 0.3 is 0 Å². The van der Waals surface area contributed by atoms with E-state index in [0.717, 1.165) is 17.5 Å². The standard InChI is InChI=1S/C20H26N2O5S/c1-13(2)14-8-6-7-9-15(14)22-18(23)12-21-16-10-11-17(26-3)20(19(16)27-4)28(5,24)25/h6-11,13,21H,12H2,1-5H3,(H,22,23). The summed E-state index contributed by atoms with van der Waals surface area (Å²) in [7, 11) is -0.850. The van der Waals surface area contributed by atoms with Crippen LogP contribution in [0, 0.1) is 0 Å². The Morgan fingerprint density at radius 3 is 2.29 bits per heavy atom. The molecule has 0 radical (unpaired) electrons. The third kappa shape index (κ3) is 4.95. The molecule has 0 spiro atoms. The number of ether oxygens (including phenoxy) is 2. The Balaban J connectivity index is 2.22. The lowest BCUT2D eigenvalue weighted by Crippen LogP contribution is -2.23. The predicted octanol–water partition coefficient (Wildman–Crippen LogP) is 3.28. The summed E-state index contributed by atoms with van der Waals surface area (Å²) in [6, 6.07) is 10.7. The molecule has 2 rings (SSSR count). The molecule has 0 aromatic heterocycles.